The van der Waals surface area contributed by atoms with E-state index < -0.39 is 59.4 Å². The number of carbonyl (C=O) groups excluding carboxylic acids is 2. The first-order valence-electron chi connectivity index (χ1n) is 11.5. The number of benzene rings is 1. The molecule has 3 atom stereocenters. The van der Waals surface area contributed by atoms with Crippen LogP contribution < -0.4 is 5.32 Å². The van der Waals surface area contributed by atoms with Crippen molar-refractivity contribution < 1.29 is 36.3 Å². The van der Waals surface area contributed by atoms with Gasteiger partial charge in [0.15, 0.2) is 5.82 Å². The van der Waals surface area contributed by atoms with E-state index in [4.69, 9.17) is 4.74 Å². The first-order chi connectivity index (χ1) is 16.7. The summed E-state index contributed by atoms with van der Waals surface area (Å²) in [6.07, 6.45) is -5.13. The molecule has 1 N–H and O–H groups in total. The Bertz CT molecular complexity index is 1160. The van der Waals surface area contributed by atoms with Crippen molar-refractivity contribution in [1.82, 2.24) is 25.0 Å². The van der Waals surface area contributed by atoms with Gasteiger partial charge in [-0.05, 0) is 63.8 Å². The zero-order chi connectivity index (χ0) is 26.4. The molecule has 2 amide bonds. The molecule has 3 heterocycles. The van der Waals surface area contributed by atoms with E-state index in [0.29, 0.717) is 12.8 Å². The van der Waals surface area contributed by atoms with E-state index in [1.165, 1.54) is 4.90 Å². The molecule has 4 rings (SSSR count). The summed E-state index contributed by atoms with van der Waals surface area (Å²) in [4.78, 5) is 27.3. The number of alkyl carbamates (subject to hydrolysis) is 1. The lowest BCUT2D eigenvalue weighted by Crippen LogP contribution is -2.48. The van der Waals surface area contributed by atoms with Crippen molar-refractivity contribution in [2.75, 3.05) is 0 Å². The summed E-state index contributed by atoms with van der Waals surface area (Å²) in [5.41, 5.74) is -0.880. The number of hydrogen-bond acceptors (Lipinski definition) is 5. The Balaban J connectivity index is 1.55. The lowest BCUT2D eigenvalue weighted by atomic mass is 10.0. The summed E-state index contributed by atoms with van der Waals surface area (Å²) in [6, 6.07) is 0.709. The minimum absolute atomic E-state index is 0.0416. The van der Waals surface area contributed by atoms with E-state index in [9.17, 15) is 31.5 Å². The Morgan fingerprint density at radius 2 is 1.89 bits per heavy atom. The molecular weight excluding hydrogens is 489 g/mol. The lowest BCUT2D eigenvalue weighted by molar-refractivity contribution is -0.148. The summed E-state index contributed by atoms with van der Waals surface area (Å²) < 4.78 is 74.2. The molecule has 2 aliphatic rings. The second-order valence-corrected chi connectivity index (χ2v) is 10.0. The number of fused-ring (bicyclic) bond motifs is 4. The number of ether oxygens (including phenoxy) is 1. The van der Waals surface area contributed by atoms with Crippen LogP contribution in [0.15, 0.2) is 18.2 Å². The first kappa shape index (κ1) is 25.8. The van der Waals surface area contributed by atoms with Crippen molar-refractivity contribution in [3.05, 3.63) is 47.0 Å². The Morgan fingerprint density at radius 3 is 2.56 bits per heavy atom. The Kier molecular flexibility index (Phi) is 6.69. The van der Waals surface area contributed by atoms with Crippen LogP contribution in [-0.2, 0) is 28.7 Å². The van der Waals surface area contributed by atoms with Gasteiger partial charge in [-0.1, -0.05) is 0 Å². The molecule has 1 fully saturated rings. The number of nitrogens with one attached hydrogen (secondary N) is 1. The van der Waals surface area contributed by atoms with E-state index >= 15 is 0 Å². The van der Waals surface area contributed by atoms with Gasteiger partial charge in [-0.25, -0.2) is 13.6 Å². The third-order valence-electron chi connectivity index (χ3n) is 6.13. The minimum atomic E-state index is -4.67. The van der Waals surface area contributed by atoms with Gasteiger partial charge in [0.25, 0.3) is 0 Å². The molecule has 2 aromatic rings. The van der Waals surface area contributed by atoms with Crippen LogP contribution in [0, 0.1) is 11.6 Å². The van der Waals surface area contributed by atoms with Crippen LogP contribution in [0.2, 0.25) is 0 Å². The molecule has 0 saturated carbocycles. The SMILES string of the molecule is CC(C)(C)OC(=O)NC(CC(=O)N1C2CCC1c1nnc(C(F)(F)F)n1C2)Cc1cc(F)ccc1F. The Labute approximate surface area is 203 Å². The van der Waals surface area contributed by atoms with E-state index in [-0.39, 0.29) is 30.8 Å². The molecular formula is C23H26F5N5O3. The highest BCUT2D eigenvalue weighted by molar-refractivity contribution is 5.79. The molecule has 0 aliphatic carbocycles. The zero-order valence-corrected chi connectivity index (χ0v) is 19.9. The van der Waals surface area contributed by atoms with Gasteiger partial charge in [-0.2, -0.15) is 13.2 Å². The van der Waals surface area contributed by atoms with Gasteiger partial charge in [0.05, 0.1) is 12.1 Å². The van der Waals surface area contributed by atoms with Gasteiger partial charge in [0, 0.05) is 19.0 Å². The molecule has 1 saturated heterocycles. The van der Waals surface area contributed by atoms with E-state index in [1.807, 2.05) is 0 Å². The van der Waals surface area contributed by atoms with Crippen molar-refractivity contribution in [2.45, 2.75) is 82.9 Å². The standard InChI is InChI=1S/C23H26F5N5O3/c1-22(2,3)36-21(35)29-14(9-12-8-13(24)4-6-16(12)25)10-18(34)33-15-5-7-17(33)19-30-31-20(23(26,27)28)32(19)11-15/h4,6,8,14-15,17H,5,7,9-11H2,1-3H3,(H,29,35). The maximum atomic E-state index is 14.3. The summed E-state index contributed by atoms with van der Waals surface area (Å²) in [6.45, 7) is 4.84. The number of halogens is 5. The molecule has 2 bridgehead atoms. The van der Waals surface area contributed by atoms with E-state index in [0.717, 1.165) is 22.8 Å². The quantitative estimate of drug-likeness (QED) is 0.605. The largest absolute Gasteiger partial charge is 0.451 e. The van der Waals surface area contributed by atoms with Crippen molar-refractivity contribution in [1.29, 1.82) is 0 Å². The average Bonchev–Trinajstić information content (AvgIpc) is 3.30. The maximum absolute atomic E-state index is 14.3. The molecule has 36 heavy (non-hydrogen) atoms. The van der Waals surface area contributed by atoms with Crippen molar-refractivity contribution in [2.24, 2.45) is 0 Å². The molecule has 196 valence electrons. The van der Waals surface area contributed by atoms with Gasteiger partial charge in [0.1, 0.15) is 17.2 Å². The molecule has 0 radical (unpaired) electrons. The minimum Gasteiger partial charge on any atom is -0.444 e. The third kappa shape index (κ3) is 5.44. The number of aromatic nitrogens is 3. The lowest BCUT2D eigenvalue weighted by Gasteiger charge is -2.36. The number of hydrogen-bond donors (Lipinski definition) is 1. The second-order valence-electron chi connectivity index (χ2n) is 10.0. The number of rotatable bonds is 5. The normalized spacial score (nSPS) is 20.2. The summed E-state index contributed by atoms with van der Waals surface area (Å²) in [7, 11) is 0. The molecule has 13 heteroatoms. The fourth-order valence-electron chi connectivity index (χ4n) is 4.79. The van der Waals surface area contributed by atoms with Crippen LogP contribution in [-0.4, -0.2) is 49.3 Å². The molecule has 8 nitrogen and oxygen atoms in total. The van der Waals surface area contributed by atoms with Crippen LogP contribution in [0.25, 0.3) is 0 Å². The van der Waals surface area contributed by atoms with E-state index in [2.05, 4.69) is 15.5 Å². The zero-order valence-electron chi connectivity index (χ0n) is 19.9. The molecule has 2 aliphatic heterocycles. The number of alkyl halides is 3. The molecule has 1 aromatic heterocycles. The van der Waals surface area contributed by atoms with Crippen LogP contribution in [0.3, 0.4) is 0 Å². The van der Waals surface area contributed by atoms with Crippen LogP contribution in [0.4, 0.5) is 26.7 Å². The van der Waals surface area contributed by atoms with E-state index in [1.54, 1.807) is 20.8 Å². The smallest absolute Gasteiger partial charge is 0.444 e. The van der Waals surface area contributed by atoms with Gasteiger partial charge in [-0.15, -0.1) is 10.2 Å². The van der Waals surface area contributed by atoms with Crippen molar-refractivity contribution >= 4 is 12.0 Å². The van der Waals surface area contributed by atoms with Crippen LogP contribution in [0.1, 0.15) is 63.3 Å². The first-order valence-corrected chi connectivity index (χ1v) is 11.5. The fourth-order valence-corrected chi connectivity index (χ4v) is 4.79. The average molecular weight is 515 g/mol. The van der Waals surface area contributed by atoms with Crippen LogP contribution in [0.5, 0.6) is 0 Å². The predicted octanol–water partition coefficient (Wildman–Crippen LogP) is 4.15. The van der Waals surface area contributed by atoms with Crippen molar-refractivity contribution in [3.8, 4) is 0 Å². The second kappa shape index (κ2) is 9.32. The van der Waals surface area contributed by atoms with Gasteiger partial charge >= 0.3 is 12.3 Å². The van der Waals surface area contributed by atoms with Gasteiger partial charge < -0.3 is 19.5 Å². The summed E-state index contributed by atoms with van der Waals surface area (Å²) >= 11 is 0. The highest BCUT2D eigenvalue weighted by atomic mass is 19.4. The highest BCUT2D eigenvalue weighted by Gasteiger charge is 2.48. The van der Waals surface area contributed by atoms with Crippen molar-refractivity contribution in [3.63, 3.8) is 0 Å². The van der Waals surface area contributed by atoms with Crippen LogP contribution >= 0.6 is 0 Å². The monoisotopic (exact) mass is 515 g/mol. The maximum Gasteiger partial charge on any atom is 0.451 e. The predicted molar refractivity (Wildman–Crippen MR) is 115 cm³/mol. The number of carbonyl (C=O) groups is 2. The molecule has 0 spiro atoms. The number of amides is 2. The highest BCUT2D eigenvalue weighted by Crippen LogP contribution is 2.43. The molecule has 1 aromatic carbocycles. The number of nitrogens with zero attached hydrogens (tertiary/aromatic N) is 4. The Hall–Kier alpha value is -3.25. The van der Waals surface area contributed by atoms with Gasteiger partial charge in [0.2, 0.25) is 11.7 Å². The Morgan fingerprint density at radius 1 is 1.17 bits per heavy atom. The topological polar surface area (TPSA) is 89.3 Å². The third-order valence-corrected chi connectivity index (χ3v) is 6.13. The molecule has 3 unspecified atom stereocenters. The van der Waals surface area contributed by atoms with Gasteiger partial charge in [-0.3, -0.25) is 4.79 Å². The summed E-state index contributed by atoms with van der Waals surface area (Å²) in [5.74, 6) is -2.89. The fraction of sp³-hybridized carbons (Fsp3) is 0.565. The summed E-state index contributed by atoms with van der Waals surface area (Å²) in [5, 5.41) is 9.55.